The first-order chi connectivity index (χ1) is 20.6. The molecule has 0 aliphatic heterocycles. The van der Waals surface area contributed by atoms with E-state index in [4.69, 9.17) is 14.0 Å². The standard InChI is InChI=1S/C30H31N5O7S/c1-4-30(32-26(36)17-23-19(2)31-25-11-6-5-9-22(23)25)16-8-7-10-24(30)28-33-34-29(42-43(39,40)18-27(37)38)35(28)20-12-14-21(41-3)15-13-20/h5-16,24,31H,4,17-18H2,1-3H3,(H,32,36)(H,37,38)/t24?,30-/m0/s1. The number of carbonyl (C=O) groups is 2. The number of amides is 1. The van der Waals surface area contributed by atoms with Gasteiger partial charge in [0.1, 0.15) is 11.6 Å². The molecular weight excluding hydrogens is 574 g/mol. The van der Waals surface area contributed by atoms with Crippen LogP contribution in [0.3, 0.4) is 0 Å². The van der Waals surface area contributed by atoms with Crippen molar-refractivity contribution < 1.29 is 32.0 Å². The van der Waals surface area contributed by atoms with Gasteiger partial charge in [-0.05, 0) is 49.2 Å². The molecule has 1 amide bonds. The fourth-order valence-electron chi connectivity index (χ4n) is 5.37. The van der Waals surface area contributed by atoms with Crippen LogP contribution in [-0.4, -0.2) is 63.6 Å². The summed E-state index contributed by atoms with van der Waals surface area (Å²) in [4.78, 5) is 28.1. The number of aryl methyl sites for hydroxylation is 1. The van der Waals surface area contributed by atoms with Gasteiger partial charge < -0.3 is 24.3 Å². The Morgan fingerprint density at radius 1 is 1.12 bits per heavy atom. The van der Waals surface area contributed by atoms with Crippen LogP contribution in [0, 0.1) is 6.92 Å². The number of rotatable bonds is 11. The average Bonchev–Trinajstić information content (AvgIpc) is 3.52. The second kappa shape index (κ2) is 11.8. The van der Waals surface area contributed by atoms with Crippen LogP contribution in [0.15, 0.2) is 72.8 Å². The smallest absolute Gasteiger partial charge is 0.338 e. The highest BCUT2D eigenvalue weighted by Gasteiger charge is 2.41. The lowest BCUT2D eigenvalue weighted by Crippen LogP contribution is -2.52. The summed E-state index contributed by atoms with van der Waals surface area (Å²) in [6.07, 6.45) is 7.96. The van der Waals surface area contributed by atoms with Gasteiger partial charge >= 0.3 is 22.1 Å². The Kier molecular flexibility index (Phi) is 8.09. The molecule has 12 nitrogen and oxygen atoms in total. The van der Waals surface area contributed by atoms with E-state index in [1.165, 1.54) is 11.7 Å². The van der Waals surface area contributed by atoms with E-state index in [0.29, 0.717) is 17.9 Å². The first kappa shape index (κ1) is 29.6. The molecule has 2 aromatic carbocycles. The van der Waals surface area contributed by atoms with E-state index in [0.717, 1.165) is 22.2 Å². The predicted octanol–water partition coefficient (Wildman–Crippen LogP) is 3.58. The normalized spacial score (nSPS) is 18.1. The molecule has 2 atom stereocenters. The molecule has 13 heteroatoms. The predicted molar refractivity (Wildman–Crippen MR) is 159 cm³/mol. The number of ether oxygens (including phenoxy) is 1. The number of hydrogen-bond donors (Lipinski definition) is 3. The number of aromatic amines is 1. The van der Waals surface area contributed by atoms with Crippen molar-refractivity contribution in [3.63, 3.8) is 0 Å². The van der Waals surface area contributed by atoms with Crippen LogP contribution in [0.25, 0.3) is 16.6 Å². The number of fused-ring (bicyclic) bond motifs is 1. The van der Waals surface area contributed by atoms with E-state index in [9.17, 15) is 18.0 Å². The zero-order chi connectivity index (χ0) is 30.8. The number of nitrogens with one attached hydrogen (secondary N) is 2. The highest BCUT2D eigenvalue weighted by molar-refractivity contribution is 7.87. The van der Waals surface area contributed by atoms with Crippen LogP contribution in [-0.2, 0) is 26.1 Å². The molecule has 43 heavy (non-hydrogen) atoms. The van der Waals surface area contributed by atoms with Crippen molar-refractivity contribution in [3.8, 4) is 17.4 Å². The molecule has 1 aliphatic rings. The summed E-state index contributed by atoms with van der Waals surface area (Å²) in [7, 11) is -3.04. The lowest BCUT2D eigenvalue weighted by molar-refractivity contribution is -0.134. The molecule has 1 unspecified atom stereocenters. The van der Waals surface area contributed by atoms with Crippen LogP contribution >= 0.6 is 0 Å². The van der Waals surface area contributed by atoms with E-state index in [2.05, 4.69) is 20.5 Å². The zero-order valence-corrected chi connectivity index (χ0v) is 24.6. The summed E-state index contributed by atoms with van der Waals surface area (Å²) in [5.41, 5.74) is 2.23. The number of aromatic nitrogens is 4. The monoisotopic (exact) mass is 605 g/mol. The van der Waals surface area contributed by atoms with Crippen LogP contribution < -0.4 is 14.2 Å². The van der Waals surface area contributed by atoms with Crippen molar-refractivity contribution in [1.29, 1.82) is 0 Å². The second-order valence-electron chi connectivity index (χ2n) is 10.2. The summed E-state index contributed by atoms with van der Waals surface area (Å²) in [6.45, 7) is 3.86. The Labute approximate surface area is 248 Å². The number of para-hydroxylation sites is 1. The number of aliphatic carboxylic acids is 1. The third kappa shape index (κ3) is 6.02. The third-order valence-electron chi connectivity index (χ3n) is 7.45. The van der Waals surface area contributed by atoms with Crippen molar-refractivity contribution in [2.75, 3.05) is 12.9 Å². The molecule has 2 heterocycles. The summed E-state index contributed by atoms with van der Waals surface area (Å²) in [5.74, 6) is -2.82. The molecule has 0 fully saturated rings. The van der Waals surface area contributed by atoms with Crippen molar-refractivity contribution in [2.45, 2.75) is 38.1 Å². The third-order valence-corrected chi connectivity index (χ3v) is 8.46. The van der Waals surface area contributed by atoms with Crippen molar-refractivity contribution >= 4 is 32.9 Å². The summed E-state index contributed by atoms with van der Waals surface area (Å²) in [5, 5.41) is 21.5. The molecule has 0 spiro atoms. The van der Waals surface area contributed by atoms with E-state index in [-0.39, 0.29) is 18.2 Å². The van der Waals surface area contributed by atoms with Crippen LogP contribution in [0.5, 0.6) is 11.8 Å². The highest BCUT2D eigenvalue weighted by Crippen LogP contribution is 2.38. The number of methoxy groups -OCH3 is 1. The maximum Gasteiger partial charge on any atom is 0.338 e. The first-order valence-corrected chi connectivity index (χ1v) is 15.1. The van der Waals surface area contributed by atoms with E-state index in [1.54, 1.807) is 24.3 Å². The van der Waals surface area contributed by atoms with Gasteiger partial charge in [0.25, 0.3) is 0 Å². The Morgan fingerprint density at radius 3 is 2.56 bits per heavy atom. The van der Waals surface area contributed by atoms with Gasteiger partial charge in [-0.2, -0.15) is 8.42 Å². The van der Waals surface area contributed by atoms with Gasteiger partial charge in [0, 0.05) is 16.6 Å². The zero-order valence-electron chi connectivity index (χ0n) is 23.8. The largest absolute Gasteiger partial charge is 0.497 e. The molecule has 2 aromatic heterocycles. The quantitative estimate of drug-likeness (QED) is 0.217. The molecule has 5 rings (SSSR count). The fourth-order valence-corrected chi connectivity index (χ4v) is 6.07. The van der Waals surface area contributed by atoms with E-state index in [1.807, 2.05) is 62.4 Å². The van der Waals surface area contributed by atoms with Gasteiger partial charge in [0.05, 0.1) is 30.7 Å². The molecule has 0 radical (unpaired) electrons. The van der Waals surface area contributed by atoms with Gasteiger partial charge in [0.15, 0.2) is 5.75 Å². The molecule has 3 N–H and O–H groups in total. The molecule has 1 aliphatic carbocycles. The maximum atomic E-state index is 13.6. The van der Waals surface area contributed by atoms with E-state index < -0.39 is 39.3 Å². The lowest BCUT2D eigenvalue weighted by Gasteiger charge is -2.38. The SMILES string of the molecule is CC[C@]1(NC(=O)Cc2c(C)[nH]c3ccccc23)C=CC=CC1c1nnc(OS(=O)(=O)CC(=O)O)n1-c1ccc(OC)cc1. The number of hydrogen-bond acceptors (Lipinski definition) is 8. The molecule has 4 aromatic rings. The van der Waals surface area contributed by atoms with Crippen LogP contribution in [0.2, 0.25) is 0 Å². The number of H-pyrrole nitrogens is 1. The summed E-state index contributed by atoms with van der Waals surface area (Å²) in [6, 6.07) is 14.0. The van der Waals surface area contributed by atoms with Crippen molar-refractivity contribution in [1.82, 2.24) is 25.1 Å². The highest BCUT2D eigenvalue weighted by atomic mass is 32.2. The van der Waals surface area contributed by atoms with Gasteiger partial charge in [-0.3, -0.25) is 9.59 Å². The number of carboxylic acid groups (broad SMARTS) is 1. The summed E-state index contributed by atoms with van der Waals surface area (Å²) >= 11 is 0. The van der Waals surface area contributed by atoms with Crippen LogP contribution in [0.4, 0.5) is 0 Å². The number of nitrogens with zero attached hydrogens (tertiary/aromatic N) is 3. The Bertz CT molecular complexity index is 1840. The first-order valence-electron chi connectivity index (χ1n) is 13.5. The van der Waals surface area contributed by atoms with Gasteiger partial charge in [0.2, 0.25) is 5.91 Å². The molecule has 0 saturated carbocycles. The number of benzene rings is 2. The minimum atomic E-state index is -4.55. The van der Waals surface area contributed by atoms with E-state index >= 15 is 0 Å². The second-order valence-corrected chi connectivity index (χ2v) is 11.7. The fraction of sp³-hybridized carbons (Fsp3) is 0.267. The van der Waals surface area contributed by atoms with Crippen molar-refractivity contribution in [3.05, 3.63) is 89.9 Å². The molecule has 224 valence electrons. The lowest BCUT2D eigenvalue weighted by atomic mass is 9.77. The van der Waals surface area contributed by atoms with Gasteiger partial charge in [-0.15, -0.1) is 5.10 Å². The average molecular weight is 606 g/mol. The molecular formula is C30H31N5O7S. The number of allylic oxidation sites excluding steroid dienone is 2. The number of carbonyl (C=O) groups excluding carboxylic acids is 1. The summed E-state index contributed by atoms with van der Waals surface area (Å²) < 4.78 is 36.8. The van der Waals surface area contributed by atoms with Gasteiger partial charge in [-0.25, -0.2) is 4.57 Å². The van der Waals surface area contributed by atoms with Gasteiger partial charge in [-0.1, -0.05) is 54.5 Å². The Morgan fingerprint density at radius 2 is 1.86 bits per heavy atom. The molecule has 0 saturated heterocycles. The topological polar surface area (TPSA) is 165 Å². The number of carboxylic acids is 1. The van der Waals surface area contributed by atoms with Crippen LogP contribution in [0.1, 0.15) is 36.3 Å². The minimum absolute atomic E-state index is 0.134. The molecule has 0 bridgehead atoms. The maximum absolute atomic E-state index is 13.6. The van der Waals surface area contributed by atoms with Crippen molar-refractivity contribution in [2.24, 2.45) is 0 Å². The Balaban J connectivity index is 1.54. The Hall–Kier alpha value is -4.91. The minimum Gasteiger partial charge on any atom is -0.497 e.